The molecule has 0 spiro atoms. The van der Waals surface area contributed by atoms with Crippen LogP contribution >= 0.6 is 0 Å². The molecule has 0 aliphatic carbocycles. The molecule has 104 valence electrons. The molecule has 0 bridgehead atoms. The van der Waals surface area contributed by atoms with E-state index in [9.17, 15) is 4.79 Å². The van der Waals surface area contributed by atoms with Crippen molar-refractivity contribution in [2.45, 2.75) is 31.7 Å². The van der Waals surface area contributed by atoms with Gasteiger partial charge in [0.15, 0.2) is 5.78 Å². The lowest BCUT2D eigenvalue weighted by Crippen LogP contribution is -2.41. The maximum Gasteiger partial charge on any atom is 0.162 e. The zero-order valence-electron chi connectivity index (χ0n) is 11.8. The zero-order chi connectivity index (χ0) is 13.5. The number of nitrogens with zero attached hydrogens (tertiary/aromatic N) is 1. The highest BCUT2D eigenvalue weighted by molar-refractivity contribution is 5.95. The fourth-order valence-corrected chi connectivity index (χ4v) is 2.69. The number of ketones is 1. The van der Waals surface area contributed by atoms with Crippen LogP contribution in [0.25, 0.3) is 0 Å². The minimum Gasteiger partial charge on any atom is -0.317 e. The molecule has 2 rings (SSSR count). The highest BCUT2D eigenvalue weighted by atomic mass is 16.1. The molecule has 1 saturated heterocycles. The molecule has 1 aromatic carbocycles. The summed E-state index contributed by atoms with van der Waals surface area (Å²) in [6.07, 6.45) is 4.06. The maximum absolute atomic E-state index is 12.0. The Balaban J connectivity index is 1.69. The van der Waals surface area contributed by atoms with Crippen LogP contribution in [0, 0.1) is 0 Å². The first-order valence-electron chi connectivity index (χ1n) is 7.26. The molecule has 0 amide bonds. The van der Waals surface area contributed by atoms with Gasteiger partial charge in [-0.15, -0.1) is 0 Å². The quantitative estimate of drug-likeness (QED) is 0.797. The average molecular weight is 260 g/mol. The molecule has 1 aliphatic heterocycles. The molecule has 1 aromatic rings. The first-order valence-corrected chi connectivity index (χ1v) is 7.26. The lowest BCUT2D eigenvalue weighted by atomic mass is 10.0. The van der Waals surface area contributed by atoms with Gasteiger partial charge in [-0.05, 0) is 45.9 Å². The standard InChI is InChI=1S/C16H24N2O/c1-18(15-9-11-17-12-10-15)13-5-8-16(19)14-6-3-2-4-7-14/h2-4,6-7,15,17H,5,8-13H2,1H3. The second-order valence-corrected chi connectivity index (χ2v) is 5.35. The Kier molecular flexibility index (Phi) is 5.55. The molecule has 1 aliphatic rings. The largest absolute Gasteiger partial charge is 0.317 e. The highest BCUT2D eigenvalue weighted by Crippen LogP contribution is 2.11. The van der Waals surface area contributed by atoms with Gasteiger partial charge < -0.3 is 10.2 Å². The smallest absolute Gasteiger partial charge is 0.162 e. The van der Waals surface area contributed by atoms with Crippen LogP contribution in [0.3, 0.4) is 0 Å². The molecule has 1 N–H and O–H groups in total. The van der Waals surface area contributed by atoms with Crippen LogP contribution in [-0.4, -0.2) is 43.4 Å². The van der Waals surface area contributed by atoms with E-state index in [0.29, 0.717) is 12.5 Å². The van der Waals surface area contributed by atoms with Crippen LogP contribution in [0.5, 0.6) is 0 Å². The van der Waals surface area contributed by atoms with Crippen molar-refractivity contribution < 1.29 is 4.79 Å². The van der Waals surface area contributed by atoms with Gasteiger partial charge >= 0.3 is 0 Å². The number of nitrogens with one attached hydrogen (secondary N) is 1. The van der Waals surface area contributed by atoms with Crippen molar-refractivity contribution in [3.8, 4) is 0 Å². The van der Waals surface area contributed by atoms with Crippen molar-refractivity contribution in [2.24, 2.45) is 0 Å². The SMILES string of the molecule is CN(CCCC(=O)c1ccccc1)C1CCNCC1. The first-order chi connectivity index (χ1) is 9.27. The number of carbonyl (C=O) groups excluding carboxylic acids is 1. The Hall–Kier alpha value is -1.19. The molecule has 0 aromatic heterocycles. The number of Topliss-reactive ketones (excluding diaryl/α,β-unsaturated/α-hetero) is 1. The molecule has 0 atom stereocenters. The van der Waals surface area contributed by atoms with Gasteiger partial charge in [0.1, 0.15) is 0 Å². The zero-order valence-corrected chi connectivity index (χ0v) is 11.8. The number of benzene rings is 1. The molecule has 3 nitrogen and oxygen atoms in total. The first kappa shape index (κ1) is 14.2. The van der Waals surface area contributed by atoms with E-state index < -0.39 is 0 Å². The number of carbonyl (C=O) groups is 1. The van der Waals surface area contributed by atoms with Gasteiger partial charge in [-0.1, -0.05) is 30.3 Å². The molecule has 1 heterocycles. The van der Waals surface area contributed by atoms with Gasteiger partial charge in [-0.2, -0.15) is 0 Å². The van der Waals surface area contributed by atoms with Crippen molar-refractivity contribution in [1.82, 2.24) is 10.2 Å². The lowest BCUT2D eigenvalue weighted by molar-refractivity contribution is 0.0971. The van der Waals surface area contributed by atoms with Crippen LogP contribution in [0.2, 0.25) is 0 Å². The summed E-state index contributed by atoms with van der Waals surface area (Å²) in [4.78, 5) is 14.4. The van der Waals surface area contributed by atoms with Crippen LogP contribution in [0.15, 0.2) is 30.3 Å². The van der Waals surface area contributed by atoms with Gasteiger partial charge in [0.25, 0.3) is 0 Å². The molecule has 0 radical (unpaired) electrons. The summed E-state index contributed by atoms with van der Waals surface area (Å²) in [5.41, 5.74) is 0.840. The third-order valence-electron chi connectivity index (χ3n) is 3.94. The molecular weight excluding hydrogens is 236 g/mol. The average Bonchev–Trinajstić information content (AvgIpc) is 2.49. The van der Waals surface area contributed by atoms with E-state index in [1.54, 1.807) is 0 Å². The topological polar surface area (TPSA) is 32.3 Å². The fraction of sp³-hybridized carbons (Fsp3) is 0.562. The Morgan fingerprint density at radius 3 is 2.63 bits per heavy atom. The van der Waals surface area contributed by atoms with Gasteiger partial charge in [0.2, 0.25) is 0 Å². The van der Waals surface area contributed by atoms with E-state index in [-0.39, 0.29) is 5.78 Å². The Morgan fingerprint density at radius 1 is 1.26 bits per heavy atom. The normalized spacial score (nSPS) is 16.7. The lowest BCUT2D eigenvalue weighted by Gasteiger charge is -2.31. The molecule has 0 saturated carbocycles. The summed E-state index contributed by atoms with van der Waals surface area (Å²) >= 11 is 0. The minimum absolute atomic E-state index is 0.263. The van der Waals surface area contributed by atoms with E-state index >= 15 is 0 Å². The van der Waals surface area contributed by atoms with Crippen LogP contribution < -0.4 is 5.32 Å². The van der Waals surface area contributed by atoms with Crippen LogP contribution in [-0.2, 0) is 0 Å². The third kappa shape index (κ3) is 4.44. The van der Waals surface area contributed by atoms with E-state index in [1.807, 2.05) is 30.3 Å². The fourth-order valence-electron chi connectivity index (χ4n) is 2.69. The number of rotatable bonds is 6. The van der Waals surface area contributed by atoms with Crippen LogP contribution in [0.4, 0.5) is 0 Å². The van der Waals surface area contributed by atoms with E-state index in [2.05, 4.69) is 17.3 Å². The Morgan fingerprint density at radius 2 is 1.95 bits per heavy atom. The van der Waals surface area contributed by atoms with E-state index in [0.717, 1.165) is 31.6 Å². The summed E-state index contributed by atoms with van der Waals surface area (Å²) in [5.74, 6) is 0.263. The van der Waals surface area contributed by atoms with Gasteiger partial charge in [0, 0.05) is 18.0 Å². The van der Waals surface area contributed by atoms with Crippen LogP contribution in [0.1, 0.15) is 36.0 Å². The molecule has 19 heavy (non-hydrogen) atoms. The highest BCUT2D eigenvalue weighted by Gasteiger charge is 2.17. The number of piperidine rings is 1. The summed E-state index contributed by atoms with van der Waals surface area (Å²) < 4.78 is 0. The second-order valence-electron chi connectivity index (χ2n) is 5.35. The summed E-state index contributed by atoms with van der Waals surface area (Å²) in [6, 6.07) is 10.3. The summed E-state index contributed by atoms with van der Waals surface area (Å²) in [7, 11) is 2.18. The van der Waals surface area contributed by atoms with E-state index in [1.165, 1.54) is 12.8 Å². The summed E-state index contributed by atoms with van der Waals surface area (Å²) in [6.45, 7) is 3.26. The molecular formula is C16H24N2O. The summed E-state index contributed by atoms with van der Waals surface area (Å²) in [5, 5.41) is 3.38. The third-order valence-corrected chi connectivity index (χ3v) is 3.94. The Bertz CT molecular complexity index is 385. The van der Waals surface area contributed by atoms with Gasteiger partial charge in [0.05, 0.1) is 0 Å². The maximum atomic E-state index is 12.0. The van der Waals surface area contributed by atoms with Gasteiger partial charge in [-0.3, -0.25) is 4.79 Å². The van der Waals surface area contributed by atoms with Gasteiger partial charge in [-0.25, -0.2) is 0 Å². The molecule has 1 fully saturated rings. The Labute approximate surface area is 116 Å². The molecule has 0 unspecified atom stereocenters. The van der Waals surface area contributed by atoms with Crippen molar-refractivity contribution in [3.05, 3.63) is 35.9 Å². The van der Waals surface area contributed by atoms with Crippen molar-refractivity contribution >= 4 is 5.78 Å². The van der Waals surface area contributed by atoms with Crippen molar-refractivity contribution in [2.75, 3.05) is 26.7 Å². The predicted molar refractivity (Wildman–Crippen MR) is 78.5 cm³/mol. The predicted octanol–water partition coefficient (Wildman–Crippen LogP) is 2.33. The minimum atomic E-state index is 0.263. The number of hydrogen-bond acceptors (Lipinski definition) is 3. The van der Waals surface area contributed by atoms with E-state index in [4.69, 9.17) is 0 Å². The number of hydrogen-bond donors (Lipinski definition) is 1. The van der Waals surface area contributed by atoms with Crippen molar-refractivity contribution in [1.29, 1.82) is 0 Å². The van der Waals surface area contributed by atoms with Crippen molar-refractivity contribution in [3.63, 3.8) is 0 Å². The second kappa shape index (κ2) is 7.41. The monoisotopic (exact) mass is 260 g/mol. The molecule has 3 heteroatoms.